The number of carbonyl (C=O) groups is 1. The maximum atomic E-state index is 11.6. The van der Waals surface area contributed by atoms with Crippen LogP contribution in [0.3, 0.4) is 0 Å². The van der Waals surface area contributed by atoms with Crippen molar-refractivity contribution in [2.45, 2.75) is 20.3 Å². The van der Waals surface area contributed by atoms with Crippen molar-refractivity contribution in [1.29, 1.82) is 0 Å². The first-order valence-electron chi connectivity index (χ1n) is 5.86. The van der Waals surface area contributed by atoms with Gasteiger partial charge in [-0.1, -0.05) is 13.0 Å². The van der Waals surface area contributed by atoms with Crippen LogP contribution < -0.4 is 4.72 Å². The van der Waals surface area contributed by atoms with E-state index in [1.54, 1.807) is 25.1 Å². The molecule has 0 atom stereocenters. The number of aliphatic carboxylic acids is 1. The molecule has 2 N–H and O–H groups in total. The number of carboxylic acids is 1. The van der Waals surface area contributed by atoms with E-state index in [4.69, 9.17) is 5.11 Å². The van der Waals surface area contributed by atoms with Gasteiger partial charge in [0.15, 0.2) is 0 Å². The van der Waals surface area contributed by atoms with Crippen LogP contribution in [0, 0.1) is 6.92 Å². The topological polar surface area (TPSA) is 83.5 Å². The second-order valence-electron chi connectivity index (χ2n) is 4.16. The van der Waals surface area contributed by atoms with Gasteiger partial charge in [-0.25, -0.2) is 13.2 Å². The molecule has 0 unspecified atom stereocenters. The third kappa shape index (κ3) is 5.13. The first-order chi connectivity index (χ1) is 8.84. The van der Waals surface area contributed by atoms with Gasteiger partial charge in [-0.3, -0.25) is 4.72 Å². The van der Waals surface area contributed by atoms with Crippen molar-refractivity contribution < 1.29 is 18.3 Å². The normalized spacial score (nSPS) is 11.7. The Morgan fingerprint density at radius 2 is 2.11 bits per heavy atom. The zero-order chi connectivity index (χ0) is 14.5. The second-order valence-corrected chi connectivity index (χ2v) is 6.01. The monoisotopic (exact) mass is 283 g/mol. The van der Waals surface area contributed by atoms with Crippen LogP contribution in [0.15, 0.2) is 24.3 Å². The summed E-state index contributed by atoms with van der Waals surface area (Å²) in [6.45, 7) is 3.61. The average molecular weight is 283 g/mol. The van der Waals surface area contributed by atoms with Crippen molar-refractivity contribution in [1.82, 2.24) is 0 Å². The highest BCUT2D eigenvalue weighted by molar-refractivity contribution is 7.92. The van der Waals surface area contributed by atoms with E-state index >= 15 is 0 Å². The predicted octanol–water partition coefficient (Wildman–Crippen LogP) is 2.24. The van der Waals surface area contributed by atoms with Gasteiger partial charge >= 0.3 is 5.97 Å². The number of hydrogen-bond donors (Lipinski definition) is 2. The molecular weight excluding hydrogens is 266 g/mol. The minimum absolute atomic E-state index is 0.0567. The number of nitrogens with one attached hydrogen (secondary N) is 1. The first-order valence-corrected chi connectivity index (χ1v) is 7.51. The molecule has 0 fully saturated rings. The van der Waals surface area contributed by atoms with Gasteiger partial charge in [0.25, 0.3) is 0 Å². The Kier molecular flexibility index (Phi) is 5.11. The van der Waals surface area contributed by atoms with Crippen LogP contribution in [-0.4, -0.2) is 25.2 Å². The molecule has 19 heavy (non-hydrogen) atoms. The maximum Gasteiger partial charge on any atom is 0.328 e. The first kappa shape index (κ1) is 15.2. The third-order valence-corrected chi connectivity index (χ3v) is 3.92. The minimum atomic E-state index is -3.34. The molecule has 1 aromatic rings. The summed E-state index contributed by atoms with van der Waals surface area (Å²) in [7, 11) is -3.34. The zero-order valence-electron chi connectivity index (χ0n) is 10.9. The SMILES string of the molecule is CCCS(=O)(=O)Nc1ccc(C)c(C=CC(=O)O)c1. The van der Waals surface area contributed by atoms with Crippen LogP contribution in [0.5, 0.6) is 0 Å². The smallest absolute Gasteiger partial charge is 0.328 e. The van der Waals surface area contributed by atoms with Crippen molar-refractivity contribution in [3.63, 3.8) is 0 Å². The van der Waals surface area contributed by atoms with E-state index in [0.29, 0.717) is 17.7 Å². The fraction of sp³-hybridized carbons (Fsp3) is 0.308. The third-order valence-electron chi connectivity index (χ3n) is 2.43. The summed E-state index contributed by atoms with van der Waals surface area (Å²) >= 11 is 0. The molecule has 0 aliphatic heterocycles. The van der Waals surface area contributed by atoms with Crippen LogP contribution in [0.1, 0.15) is 24.5 Å². The van der Waals surface area contributed by atoms with Gasteiger partial charge in [-0.15, -0.1) is 0 Å². The average Bonchev–Trinajstić information content (AvgIpc) is 2.29. The van der Waals surface area contributed by atoms with Crippen molar-refractivity contribution in [2.75, 3.05) is 10.5 Å². The van der Waals surface area contributed by atoms with Crippen LogP contribution >= 0.6 is 0 Å². The summed E-state index contributed by atoms with van der Waals surface area (Å²) in [6, 6.07) is 5.01. The molecule has 0 aromatic heterocycles. The quantitative estimate of drug-likeness (QED) is 0.784. The maximum absolute atomic E-state index is 11.6. The Morgan fingerprint density at radius 1 is 1.42 bits per heavy atom. The molecule has 6 heteroatoms. The van der Waals surface area contributed by atoms with Crippen LogP contribution in [0.4, 0.5) is 5.69 Å². The molecule has 0 radical (unpaired) electrons. The molecule has 0 saturated carbocycles. The lowest BCUT2D eigenvalue weighted by molar-refractivity contribution is -0.131. The summed E-state index contributed by atoms with van der Waals surface area (Å²) in [5.41, 5.74) is 1.97. The van der Waals surface area contributed by atoms with Crippen LogP contribution in [0.2, 0.25) is 0 Å². The molecule has 0 amide bonds. The van der Waals surface area contributed by atoms with E-state index in [9.17, 15) is 13.2 Å². The fourth-order valence-electron chi connectivity index (χ4n) is 1.54. The summed E-state index contributed by atoms with van der Waals surface area (Å²) in [4.78, 5) is 10.5. The van der Waals surface area contributed by atoms with Crippen molar-refractivity contribution >= 4 is 27.8 Å². The highest BCUT2D eigenvalue weighted by atomic mass is 32.2. The lowest BCUT2D eigenvalue weighted by Crippen LogP contribution is -2.16. The van der Waals surface area contributed by atoms with E-state index < -0.39 is 16.0 Å². The van der Waals surface area contributed by atoms with E-state index in [2.05, 4.69) is 4.72 Å². The van der Waals surface area contributed by atoms with Gasteiger partial charge in [-0.2, -0.15) is 0 Å². The number of carboxylic acid groups (broad SMARTS) is 1. The molecule has 1 rings (SSSR count). The van der Waals surface area contributed by atoms with Crippen LogP contribution in [-0.2, 0) is 14.8 Å². The summed E-state index contributed by atoms with van der Waals surface area (Å²) in [6.07, 6.45) is 2.99. The van der Waals surface area contributed by atoms with E-state index in [-0.39, 0.29) is 5.75 Å². The lowest BCUT2D eigenvalue weighted by Gasteiger charge is -2.09. The number of rotatable bonds is 6. The van der Waals surface area contributed by atoms with Gasteiger partial charge in [0.05, 0.1) is 5.75 Å². The van der Waals surface area contributed by atoms with Gasteiger partial charge in [0.2, 0.25) is 10.0 Å². The fourth-order valence-corrected chi connectivity index (χ4v) is 2.67. The van der Waals surface area contributed by atoms with E-state index in [1.165, 1.54) is 6.08 Å². The van der Waals surface area contributed by atoms with Gasteiger partial charge < -0.3 is 5.11 Å². The number of benzene rings is 1. The molecule has 0 aliphatic carbocycles. The molecule has 104 valence electrons. The molecule has 0 bridgehead atoms. The molecule has 1 aromatic carbocycles. The summed E-state index contributed by atoms with van der Waals surface area (Å²) in [5.74, 6) is -0.988. The van der Waals surface area contributed by atoms with Crippen molar-refractivity contribution in [2.24, 2.45) is 0 Å². The Morgan fingerprint density at radius 3 is 2.68 bits per heavy atom. The van der Waals surface area contributed by atoms with E-state index in [0.717, 1.165) is 11.6 Å². The lowest BCUT2D eigenvalue weighted by atomic mass is 10.1. The van der Waals surface area contributed by atoms with Gasteiger partial charge in [0, 0.05) is 11.8 Å². The van der Waals surface area contributed by atoms with E-state index in [1.807, 2.05) is 6.92 Å². The van der Waals surface area contributed by atoms with Gasteiger partial charge in [-0.05, 0) is 42.7 Å². The Balaban J connectivity index is 2.99. The van der Waals surface area contributed by atoms with Gasteiger partial charge in [0.1, 0.15) is 0 Å². The largest absolute Gasteiger partial charge is 0.478 e. The van der Waals surface area contributed by atoms with Crippen LogP contribution in [0.25, 0.3) is 6.08 Å². The predicted molar refractivity (Wildman–Crippen MR) is 75.5 cm³/mol. The minimum Gasteiger partial charge on any atom is -0.478 e. The number of sulfonamides is 1. The Hall–Kier alpha value is -1.82. The second kappa shape index (κ2) is 6.38. The number of aryl methyl sites for hydroxylation is 1. The zero-order valence-corrected chi connectivity index (χ0v) is 11.7. The molecule has 0 spiro atoms. The highest BCUT2D eigenvalue weighted by Crippen LogP contribution is 2.18. The number of hydrogen-bond acceptors (Lipinski definition) is 3. The summed E-state index contributed by atoms with van der Waals surface area (Å²) in [5, 5.41) is 8.59. The van der Waals surface area contributed by atoms with Crippen molar-refractivity contribution in [3.8, 4) is 0 Å². The molecular formula is C13H17NO4S. The molecule has 0 saturated heterocycles. The number of anilines is 1. The highest BCUT2D eigenvalue weighted by Gasteiger charge is 2.09. The standard InChI is InChI=1S/C13H17NO4S/c1-3-8-19(17,18)14-12-6-4-10(2)11(9-12)5-7-13(15)16/h4-7,9,14H,3,8H2,1-2H3,(H,15,16). The Bertz CT molecular complexity index is 591. The van der Waals surface area contributed by atoms with Crippen molar-refractivity contribution in [3.05, 3.63) is 35.4 Å². The summed E-state index contributed by atoms with van der Waals surface area (Å²) < 4.78 is 25.7. The molecule has 5 nitrogen and oxygen atoms in total. The molecule has 0 aliphatic rings. The Labute approximate surface area is 113 Å². The molecule has 0 heterocycles.